The Bertz CT molecular complexity index is 478. The van der Waals surface area contributed by atoms with Crippen LogP contribution >= 0.6 is 22.6 Å². The average molecular weight is 342 g/mol. The molecule has 90 valence electrons. The summed E-state index contributed by atoms with van der Waals surface area (Å²) in [4.78, 5) is 0. The summed E-state index contributed by atoms with van der Waals surface area (Å²) < 4.78 is 8.38. The fourth-order valence-electron chi connectivity index (χ4n) is 1.59. The molecule has 2 aromatic rings. The Kier molecular flexibility index (Phi) is 4.17. The maximum absolute atomic E-state index is 5.22. The molecule has 0 saturated heterocycles. The highest BCUT2D eigenvalue weighted by Crippen LogP contribution is 2.19. The molecular formula is C13H15IN2O. The van der Waals surface area contributed by atoms with Crippen LogP contribution in [0.15, 0.2) is 36.7 Å². The lowest BCUT2D eigenvalue weighted by Gasteiger charge is -2.08. The van der Waals surface area contributed by atoms with Crippen molar-refractivity contribution in [2.24, 2.45) is 0 Å². The van der Waals surface area contributed by atoms with Gasteiger partial charge in [-0.1, -0.05) is 12.1 Å². The number of halogens is 1. The molecule has 17 heavy (non-hydrogen) atoms. The van der Waals surface area contributed by atoms with E-state index in [9.17, 15) is 0 Å². The standard InChI is InChI=1S/C13H15IN2O/c1-10(17-2)8-16-9-12(7-15-16)11-3-5-13(14)6-4-11/h3-7,9-10H,8H2,1-2H3. The maximum Gasteiger partial charge on any atom is 0.0739 e. The molecule has 0 aliphatic rings. The highest BCUT2D eigenvalue weighted by atomic mass is 127. The number of rotatable bonds is 4. The van der Waals surface area contributed by atoms with Gasteiger partial charge in [0.25, 0.3) is 0 Å². The molecule has 1 heterocycles. The van der Waals surface area contributed by atoms with Gasteiger partial charge in [0.15, 0.2) is 0 Å². The Morgan fingerprint density at radius 2 is 2.00 bits per heavy atom. The Balaban J connectivity index is 2.15. The Morgan fingerprint density at radius 3 is 2.65 bits per heavy atom. The Hall–Kier alpha value is -0.880. The van der Waals surface area contributed by atoms with E-state index in [1.807, 2.05) is 17.8 Å². The van der Waals surface area contributed by atoms with E-state index in [-0.39, 0.29) is 6.10 Å². The smallest absolute Gasteiger partial charge is 0.0739 e. The van der Waals surface area contributed by atoms with Crippen LogP contribution in [-0.4, -0.2) is 23.0 Å². The van der Waals surface area contributed by atoms with Crippen molar-refractivity contribution in [3.05, 3.63) is 40.2 Å². The van der Waals surface area contributed by atoms with E-state index in [0.29, 0.717) is 0 Å². The zero-order valence-electron chi connectivity index (χ0n) is 9.93. The van der Waals surface area contributed by atoms with E-state index in [1.54, 1.807) is 7.11 Å². The van der Waals surface area contributed by atoms with E-state index in [1.165, 1.54) is 9.13 Å². The molecule has 0 saturated carbocycles. The largest absolute Gasteiger partial charge is 0.380 e. The molecule has 0 spiro atoms. The molecular weight excluding hydrogens is 327 g/mol. The first-order valence-electron chi connectivity index (χ1n) is 5.50. The number of nitrogens with zero attached hydrogens (tertiary/aromatic N) is 2. The molecule has 1 unspecified atom stereocenters. The van der Waals surface area contributed by atoms with Crippen molar-refractivity contribution in [1.82, 2.24) is 9.78 Å². The third-order valence-corrected chi connectivity index (χ3v) is 3.38. The van der Waals surface area contributed by atoms with Crippen LogP contribution < -0.4 is 0 Å². The molecule has 2 rings (SSSR count). The molecule has 0 radical (unpaired) electrons. The molecule has 0 aliphatic carbocycles. The third kappa shape index (κ3) is 3.29. The zero-order valence-corrected chi connectivity index (χ0v) is 12.1. The second-order valence-electron chi connectivity index (χ2n) is 4.00. The predicted octanol–water partition coefficient (Wildman–Crippen LogP) is 3.19. The molecule has 0 N–H and O–H groups in total. The van der Waals surface area contributed by atoms with Gasteiger partial charge in [-0.25, -0.2) is 0 Å². The maximum atomic E-state index is 5.22. The molecule has 0 amide bonds. The monoisotopic (exact) mass is 342 g/mol. The van der Waals surface area contributed by atoms with Gasteiger partial charge in [0.1, 0.15) is 0 Å². The topological polar surface area (TPSA) is 27.1 Å². The number of benzene rings is 1. The molecule has 3 nitrogen and oxygen atoms in total. The first-order chi connectivity index (χ1) is 8.19. The summed E-state index contributed by atoms with van der Waals surface area (Å²) in [7, 11) is 1.72. The molecule has 1 aromatic heterocycles. The zero-order chi connectivity index (χ0) is 12.3. The van der Waals surface area contributed by atoms with Crippen LogP contribution in [0.2, 0.25) is 0 Å². The third-order valence-electron chi connectivity index (χ3n) is 2.66. The fraction of sp³-hybridized carbons (Fsp3) is 0.308. The Labute approximate surface area is 115 Å². The van der Waals surface area contributed by atoms with Crippen molar-refractivity contribution >= 4 is 22.6 Å². The fourth-order valence-corrected chi connectivity index (χ4v) is 1.95. The molecule has 1 atom stereocenters. The van der Waals surface area contributed by atoms with Crippen molar-refractivity contribution in [2.75, 3.05) is 7.11 Å². The van der Waals surface area contributed by atoms with E-state index in [2.05, 4.69) is 58.2 Å². The molecule has 0 fully saturated rings. The van der Waals surface area contributed by atoms with Crippen LogP contribution in [0.1, 0.15) is 6.92 Å². The quantitative estimate of drug-likeness (QED) is 0.798. The predicted molar refractivity (Wildman–Crippen MR) is 76.9 cm³/mol. The highest BCUT2D eigenvalue weighted by Gasteiger charge is 2.04. The van der Waals surface area contributed by atoms with Gasteiger partial charge in [0.05, 0.1) is 18.8 Å². The first-order valence-corrected chi connectivity index (χ1v) is 6.58. The van der Waals surface area contributed by atoms with Gasteiger partial charge >= 0.3 is 0 Å². The number of methoxy groups -OCH3 is 1. The van der Waals surface area contributed by atoms with Gasteiger partial charge in [-0.2, -0.15) is 5.10 Å². The summed E-state index contributed by atoms with van der Waals surface area (Å²) in [6.07, 6.45) is 4.13. The number of hydrogen-bond donors (Lipinski definition) is 0. The summed E-state index contributed by atoms with van der Waals surface area (Å²) in [6, 6.07) is 8.43. The van der Waals surface area contributed by atoms with Crippen LogP contribution in [0, 0.1) is 3.57 Å². The first kappa shape index (κ1) is 12.6. The van der Waals surface area contributed by atoms with Crippen LogP contribution in [0.4, 0.5) is 0 Å². The molecule has 0 aliphatic heterocycles. The lowest BCUT2D eigenvalue weighted by atomic mass is 10.1. The van der Waals surface area contributed by atoms with Gasteiger partial charge in [-0.05, 0) is 47.2 Å². The van der Waals surface area contributed by atoms with Crippen LogP contribution in [0.3, 0.4) is 0 Å². The summed E-state index contributed by atoms with van der Waals surface area (Å²) in [5, 5.41) is 4.34. The minimum atomic E-state index is 0.180. The van der Waals surface area contributed by atoms with Crippen LogP contribution in [0.5, 0.6) is 0 Å². The van der Waals surface area contributed by atoms with Gasteiger partial charge in [-0.15, -0.1) is 0 Å². The minimum Gasteiger partial charge on any atom is -0.380 e. The van der Waals surface area contributed by atoms with Gasteiger partial charge < -0.3 is 4.74 Å². The highest BCUT2D eigenvalue weighted by molar-refractivity contribution is 14.1. The van der Waals surface area contributed by atoms with Crippen molar-refractivity contribution in [3.63, 3.8) is 0 Å². The number of ether oxygens (including phenoxy) is 1. The average Bonchev–Trinajstić information content (AvgIpc) is 2.78. The minimum absolute atomic E-state index is 0.180. The summed E-state index contributed by atoms with van der Waals surface area (Å²) in [5.41, 5.74) is 2.34. The Morgan fingerprint density at radius 1 is 1.29 bits per heavy atom. The van der Waals surface area contributed by atoms with Gasteiger partial charge in [-0.3, -0.25) is 4.68 Å². The summed E-state index contributed by atoms with van der Waals surface area (Å²) in [6.45, 7) is 2.81. The van der Waals surface area contributed by atoms with Crippen molar-refractivity contribution < 1.29 is 4.74 Å². The van der Waals surface area contributed by atoms with Gasteiger partial charge in [0.2, 0.25) is 0 Å². The van der Waals surface area contributed by atoms with Crippen molar-refractivity contribution in [2.45, 2.75) is 19.6 Å². The van der Waals surface area contributed by atoms with E-state index >= 15 is 0 Å². The summed E-state index contributed by atoms with van der Waals surface area (Å²) in [5.74, 6) is 0. The van der Waals surface area contributed by atoms with E-state index in [4.69, 9.17) is 4.74 Å². The second-order valence-corrected chi connectivity index (χ2v) is 5.25. The van der Waals surface area contributed by atoms with E-state index in [0.717, 1.165) is 12.1 Å². The van der Waals surface area contributed by atoms with E-state index < -0.39 is 0 Å². The van der Waals surface area contributed by atoms with Crippen LogP contribution in [0.25, 0.3) is 11.1 Å². The normalized spacial score (nSPS) is 12.6. The van der Waals surface area contributed by atoms with Crippen LogP contribution in [-0.2, 0) is 11.3 Å². The summed E-state index contributed by atoms with van der Waals surface area (Å²) >= 11 is 2.30. The molecule has 0 bridgehead atoms. The number of aromatic nitrogens is 2. The van der Waals surface area contributed by atoms with Gasteiger partial charge in [0, 0.05) is 22.4 Å². The second kappa shape index (κ2) is 5.64. The lowest BCUT2D eigenvalue weighted by Crippen LogP contribution is -2.14. The molecule has 1 aromatic carbocycles. The lowest BCUT2D eigenvalue weighted by molar-refractivity contribution is 0.0998. The number of hydrogen-bond acceptors (Lipinski definition) is 2. The SMILES string of the molecule is COC(C)Cn1cc(-c2ccc(I)cc2)cn1. The van der Waals surface area contributed by atoms with Crippen molar-refractivity contribution in [1.29, 1.82) is 0 Å². The molecule has 4 heteroatoms. The van der Waals surface area contributed by atoms with Crippen molar-refractivity contribution in [3.8, 4) is 11.1 Å².